The van der Waals surface area contributed by atoms with E-state index in [0.717, 1.165) is 57.0 Å². The summed E-state index contributed by atoms with van der Waals surface area (Å²) in [6.07, 6.45) is 2.68. The van der Waals surface area contributed by atoms with Crippen molar-refractivity contribution in [3.63, 3.8) is 0 Å². The molecule has 2 amide bonds. The van der Waals surface area contributed by atoms with Gasteiger partial charge in [-0.1, -0.05) is 24.3 Å². The van der Waals surface area contributed by atoms with Gasteiger partial charge in [0, 0.05) is 45.8 Å². The Morgan fingerprint density at radius 3 is 2.33 bits per heavy atom. The Balaban J connectivity index is 1.18. The van der Waals surface area contributed by atoms with E-state index in [1.807, 2.05) is 51.1 Å². The van der Waals surface area contributed by atoms with Crippen LogP contribution in [0.4, 0.5) is 5.69 Å². The van der Waals surface area contributed by atoms with Crippen LogP contribution in [0.2, 0.25) is 0 Å². The summed E-state index contributed by atoms with van der Waals surface area (Å²) in [6, 6.07) is 15.9. The van der Waals surface area contributed by atoms with Gasteiger partial charge in [-0.05, 0) is 49.1 Å². The molecule has 5 rings (SSSR count). The molecule has 3 aliphatic heterocycles. The predicted octanol–water partition coefficient (Wildman–Crippen LogP) is 2.62. The smallest absolute Gasteiger partial charge is 0.265 e. The third-order valence-electron chi connectivity index (χ3n) is 7.42. The molecule has 192 valence electrons. The van der Waals surface area contributed by atoms with Gasteiger partial charge in [-0.25, -0.2) is 0 Å². The number of nitrogens with zero attached hydrogens (tertiary/aromatic N) is 4. The Hall–Kier alpha value is -3.26. The van der Waals surface area contributed by atoms with Gasteiger partial charge < -0.3 is 24.2 Å². The Kier molecular flexibility index (Phi) is 7.60. The second kappa shape index (κ2) is 11.2. The third kappa shape index (κ3) is 5.59. The van der Waals surface area contributed by atoms with E-state index in [0.29, 0.717) is 25.4 Å². The standard InChI is InChI=1S/C28H36N4O4/c1-35-23-11-9-22(10-12-23)19-29-15-17-30(18-16-29)27(33)21-32-20-26(28(34)31-13-5-2-6-14-31)36-25-8-4-3-7-24(25)32/h3-4,7-12,26H,2,5-6,13-21H2,1H3. The highest BCUT2D eigenvalue weighted by Crippen LogP contribution is 2.33. The molecular formula is C28H36N4O4. The van der Waals surface area contributed by atoms with Crippen LogP contribution in [0.1, 0.15) is 24.8 Å². The zero-order chi connectivity index (χ0) is 24.9. The van der Waals surface area contributed by atoms with Crippen LogP contribution in [-0.4, -0.2) is 92.1 Å². The number of piperazine rings is 1. The van der Waals surface area contributed by atoms with Crippen LogP contribution < -0.4 is 14.4 Å². The molecule has 8 heteroatoms. The highest BCUT2D eigenvalue weighted by atomic mass is 16.5. The molecule has 0 bridgehead atoms. The summed E-state index contributed by atoms with van der Waals surface area (Å²) in [5.41, 5.74) is 2.12. The van der Waals surface area contributed by atoms with Crippen molar-refractivity contribution in [2.75, 3.05) is 64.4 Å². The Morgan fingerprint density at radius 2 is 1.61 bits per heavy atom. The minimum absolute atomic E-state index is 0.0359. The fourth-order valence-corrected chi connectivity index (χ4v) is 5.31. The van der Waals surface area contributed by atoms with Crippen LogP contribution in [0, 0.1) is 0 Å². The number of rotatable bonds is 6. The largest absolute Gasteiger partial charge is 0.497 e. The molecule has 0 saturated carbocycles. The lowest BCUT2D eigenvalue weighted by molar-refractivity contribution is -0.140. The van der Waals surface area contributed by atoms with Crippen LogP contribution in [0.5, 0.6) is 11.5 Å². The van der Waals surface area contributed by atoms with Gasteiger partial charge in [0.1, 0.15) is 11.5 Å². The molecule has 2 aromatic carbocycles. The van der Waals surface area contributed by atoms with E-state index in [-0.39, 0.29) is 18.4 Å². The van der Waals surface area contributed by atoms with Crippen molar-refractivity contribution in [1.82, 2.24) is 14.7 Å². The number of benzene rings is 2. The number of hydrogen-bond acceptors (Lipinski definition) is 6. The molecule has 2 fully saturated rings. The van der Waals surface area contributed by atoms with Crippen LogP contribution in [0.3, 0.4) is 0 Å². The van der Waals surface area contributed by atoms with Crippen LogP contribution in [0.15, 0.2) is 48.5 Å². The molecule has 0 radical (unpaired) electrons. The number of carbonyl (C=O) groups excluding carboxylic acids is 2. The van der Waals surface area contributed by atoms with E-state index in [1.165, 1.54) is 12.0 Å². The van der Waals surface area contributed by atoms with Gasteiger partial charge in [0.25, 0.3) is 5.91 Å². The minimum Gasteiger partial charge on any atom is -0.497 e. The summed E-state index contributed by atoms with van der Waals surface area (Å²) < 4.78 is 11.4. The minimum atomic E-state index is -0.577. The number of carbonyl (C=O) groups is 2. The van der Waals surface area contributed by atoms with Gasteiger partial charge in [0.15, 0.2) is 6.10 Å². The number of likely N-dealkylation sites (tertiary alicyclic amines) is 1. The monoisotopic (exact) mass is 492 g/mol. The average Bonchev–Trinajstić information content (AvgIpc) is 2.94. The molecule has 0 aromatic heterocycles. The van der Waals surface area contributed by atoms with Crippen molar-refractivity contribution in [2.45, 2.75) is 31.9 Å². The average molecular weight is 493 g/mol. The molecule has 0 aliphatic carbocycles. The lowest BCUT2D eigenvalue weighted by Gasteiger charge is -2.40. The SMILES string of the molecule is COc1ccc(CN2CCN(C(=O)CN3CC(C(=O)N4CCCCC4)Oc4ccccc43)CC2)cc1. The molecule has 36 heavy (non-hydrogen) atoms. The van der Waals surface area contributed by atoms with Crippen molar-refractivity contribution in [2.24, 2.45) is 0 Å². The Labute approximate surface area is 213 Å². The van der Waals surface area contributed by atoms with Gasteiger partial charge in [-0.3, -0.25) is 14.5 Å². The van der Waals surface area contributed by atoms with Crippen molar-refractivity contribution in [1.29, 1.82) is 0 Å². The zero-order valence-corrected chi connectivity index (χ0v) is 21.1. The number of fused-ring (bicyclic) bond motifs is 1. The molecule has 0 N–H and O–H groups in total. The first kappa shape index (κ1) is 24.4. The van der Waals surface area contributed by atoms with Crippen LogP contribution in [-0.2, 0) is 16.1 Å². The maximum absolute atomic E-state index is 13.3. The summed E-state index contributed by atoms with van der Waals surface area (Å²) >= 11 is 0. The summed E-state index contributed by atoms with van der Waals surface area (Å²) in [5, 5.41) is 0. The Morgan fingerprint density at radius 1 is 0.889 bits per heavy atom. The lowest BCUT2D eigenvalue weighted by atomic mass is 10.1. The van der Waals surface area contributed by atoms with E-state index in [4.69, 9.17) is 9.47 Å². The van der Waals surface area contributed by atoms with Crippen molar-refractivity contribution in [3.8, 4) is 11.5 Å². The summed E-state index contributed by atoms with van der Waals surface area (Å²) in [5.74, 6) is 1.67. The van der Waals surface area contributed by atoms with Crippen LogP contribution in [0.25, 0.3) is 0 Å². The van der Waals surface area contributed by atoms with Gasteiger partial charge in [-0.2, -0.15) is 0 Å². The molecule has 1 atom stereocenters. The summed E-state index contributed by atoms with van der Waals surface area (Å²) in [4.78, 5) is 34.8. The van der Waals surface area contributed by atoms with E-state index >= 15 is 0 Å². The van der Waals surface area contributed by atoms with Crippen molar-refractivity contribution < 1.29 is 19.1 Å². The molecule has 3 heterocycles. The second-order valence-corrected chi connectivity index (χ2v) is 9.85. The highest BCUT2D eigenvalue weighted by molar-refractivity contribution is 5.86. The molecular weight excluding hydrogens is 456 g/mol. The zero-order valence-electron chi connectivity index (χ0n) is 21.1. The van der Waals surface area contributed by atoms with E-state index in [2.05, 4.69) is 17.0 Å². The maximum Gasteiger partial charge on any atom is 0.265 e. The van der Waals surface area contributed by atoms with Crippen molar-refractivity contribution in [3.05, 3.63) is 54.1 Å². The number of hydrogen-bond donors (Lipinski definition) is 0. The number of para-hydroxylation sites is 2. The van der Waals surface area contributed by atoms with Gasteiger partial charge in [-0.15, -0.1) is 0 Å². The molecule has 0 spiro atoms. The van der Waals surface area contributed by atoms with Crippen molar-refractivity contribution >= 4 is 17.5 Å². The molecule has 8 nitrogen and oxygen atoms in total. The molecule has 1 unspecified atom stereocenters. The van der Waals surface area contributed by atoms with Gasteiger partial charge >= 0.3 is 0 Å². The normalized spacial score (nSPS) is 20.5. The quantitative estimate of drug-likeness (QED) is 0.618. The van der Waals surface area contributed by atoms with E-state index < -0.39 is 6.10 Å². The fraction of sp³-hybridized carbons (Fsp3) is 0.500. The molecule has 2 aromatic rings. The van der Waals surface area contributed by atoms with E-state index in [1.54, 1.807) is 7.11 Å². The first-order valence-corrected chi connectivity index (χ1v) is 13.0. The first-order chi connectivity index (χ1) is 17.6. The summed E-state index contributed by atoms with van der Waals surface area (Å²) in [6.45, 7) is 6.19. The molecule has 2 saturated heterocycles. The number of anilines is 1. The second-order valence-electron chi connectivity index (χ2n) is 9.85. The first-order valence-electron chi connectivity index (χ1n) is 13.0. The lowest BCUT2D eigenvalue weighted by Crippen LogP contribution is -2.55. The number of methoxy groups -OCH3 is 1. The van der Waals surface area contributed by atoms with E-state index in [9.17, 15) is 9.59 Å². The third-order valence-corrected chi connectivity index (χ3v) is 7.42. The van der Waals surface area contributed by atoms with Gasteiger partial charge in [0.05, 0.1) is 25.9 Å². The number of ether oxygens (including phenoxy) is 2. The summed E-state index contributed by atoms with van der Waals surface area (Å²) in [7, 11) is 1.67. The Bertz CT molecular complexity index is 1050. The van der Waals surface area contributed by atoms with Crippen LogP contribution >= 0.6 is 0 Å². The van der Waals surface area contributed by atoms with Gasteiger partial charge in [0.2, 0.25) is 5.91 Å². The molecule has 3 aliphatic rings. The fourth-order valence-electron chi connectivity index (χ4n) is 5.31. The number of amides is 2. The number of piperidine rings is 1. The highest BCUT2D eigenvalue weighted by Gasteiger charge is 2.35. The maximum atomic E-state index is 13.3. The topological polar surface area (TPSA) is 65.6 Å². The predicted molar refractivity (Wildman–Crippen MR) is 138 cm³/mol.